The van der Waals surface area contributed by atoms with Crippen molar-refractivity contribution in [3.05, 3.63) is 35.9 Å². The maximum atomic E-state index is 12.3. The van der Waals surface area contributed by atoms with Gasteiger partial charge in [0.25, 0.3) is 5.91 Å². The molecule has 2 aliphatic heterocycles. The summed E-state index contributed by atoms with van der Waals surface area (Å²) in [5.41, 5.74) is 0.539. The zero-order chi connectivity index (χ0) is 18.6. The lowest BCUT2D eigenvalue weighted by Crippen LogP contribution is -2.54. The Morgan fingerprint density at radius 2 is 1.62 bits per heavy atom. The van der Waals surface area contributed by atoms with Crippen LogP contribution in [0, 0.1) is 0 Å². The number of carbonyl (C=O) groups is 2. The number of nitrogens with zero attached hydrogens (tertiary/aromatic N) is 2. The first-order valence-electron chi connectivity index (χ1n) is 9.00. The number of rotatable bonds is 4. The number of benzene rings is 1. The number of sulfone groups is 1. The van der Waals surface area contributed by atoms with Gasteiger partial charge in [-0.1, -0.05) is 18.2 Å². The van der Waals surface area contributed by atoms with Crippen molar-refractivity contribution in [2.75, 3.05) is 44.2 Å². The lowest BCUT2D eigenvalue weighted by Gasteiger charge is -2.40. The van der Waals surface area contributed by atoms with E-state index < -0.39 is 9.84 Å². The molecule has 142 valence electrons. The largest absolute Gasteiger partial charge is 0.343 e. The van der Waals surface area contributed by atoms with E-state index in [9.17, 15) is 18.0 Å². The van der Waals surface area contributed by atoms with Crippen LogP contribution in [0.25, 0.3) is 0 Å². The molecule has 0 bridgehead atoms. The van der Waals surface area contributed by atoms with E-state index in [4.69, 9.17) is 0 Å². The van der Waals surface area contributed by atoms with E-state index in [0.717, 1.165) is 13.1 Å². The van der Waals surface area contributed by atoms with Crippen molar-refractivity contribution in [2.45, 2.75) is 18.9 Å². The summed E-state index contributed by atoms with van der Waals surface area (Å²) in [6, 6.07) is 9.13. The van der Waals surface area contributed by atoms with Crippen molar-refractivity contribution in [3.63, 3.8) is 0 Å². The minimum absolute atomic E-state index is 0.00456. The summed E-state index contributed by atoms with van der Waals surface area (Å²) in [7, 11) is -2.85. The van der Waals surface area contributed by atoms with Crippen molar-refractivity contribution in [2.24, 2.45) is 0 Å². The van der Waals surface area contributed by atoms with Crippen molar-refractivity contribution in [1.82, 2.24) is 15.1 Å². The third-order valence-electron chi connectivity index (χ3n) is 5.14. The molecule has 2 fully saturated rings. The third kappa shape index (κ3) is 4.82. The van der Waals surface area contributed by atoms with Gasteiger partial charge in [-0.3, -0.25) is 14.5 Å². The van der Waals surface area contributed by atoms with Gasteiger partial charge in [0.05, 0.1) is 18.1 Å². The van der Waals surface area contributed by atoms with Crippen LogP contribution in [0.5, 0.6) is 0 Å². The lowest BCUT2D eigenvalue weighted by atomic mass is 10.1. The molecule has 0 unspecified atom stereocenters. The molecule has 0 spiro atoms. The first-order valence-corrected chi connectivity index (χ1v) is 10.8. The molecular weight excluding hydrogens is 354 g/mol. The second-order valence-electron chi connectivity index (χ2n) is 6.85. The van der Waals surface area contributed by atoms with Crippen LogP contribution in [0.2, 0.25) is 0 Å². The van der Waals surface area contributed by atoms with Gasteiger partial charge in [0.15, 0.2) is 0 Å². The minimum atomic E-state index is -2.85. The van der Waals surface area contributed by atoms with Crippen LogP contribution < -0.4 is 5.32 Å². The Bertz CT molecular complexity index is 729. The Kier molecular flexibility index (Phi) is 5.93. The Morgan fingerprint density at radius 3 is 2.23 bits per heavy atom. The summed E-state index contributed by atoms with van der Waals surface area (Å²) in [6.07, 6.45) is 1.37. The van der Waals surface area contributed by atoms with Crippen LogP contribution in [-0.4, -0.2) is 80.3 Å². The van der Waals surface area contributed by atoms with Gasteiger partial charge >= 0.3 is 0 Å². The summed E-state index contributed by atoms with van der Waals surface area (Å²) < 4.78 is 23.1. The predicted octanol–water partition coefficient (Wildman–Crippen LogP) is 0.138. The van der Waals surface area contributed by atoms with Crippen molar-refractivity contribution in [1.29, 1.82) is 0 Å². The van der Waals surface area contributed by atoms with E-state index in [1.807, 2.05) is 6.07 Å². The topological polar surface area (TPSA) is 86.8 Å². The first kappa shape index (κ1) is 18.8. The van der Waals surface area contributed by atoms with E-state index in [-0.39, 0.29) is 29.9 Å². The number of nitrogens with one attached hydrogen (secondary N) is 1. The van der Waals surface area contributed by atoms with Gasteiger partial charge in [-0.15, -0.1) is 0 Å². The molecule has 1 N–H and O–H groups in total. The van der Waals surface area contributed by atoms with Crippen LogP contribution in [0.15, 0.2) is 30.3 Å². The summed E-state index contributed by atoms with van der Waals surface area (Å²) >= 11 is 0. The molecule has 3 rings (SSSR count). The van der Waals surface area contributed by atoms with Crippen LogP contribution in [0.4, 0.5) is 0 Å². The fraction of sp³-hybridized carbons (Fsp3) is 0.556. The van der Waals surface area contributed by atoms with Crippen LogP contribution in [-0.2, 0) is 14.6 Å². The van der Waals surface area contributed by atoms with Gasteiger partial charge in [-0.2, -0.15) is 0 Å². The zero-order valence-corrected chi connectivity index (χ0v) is 15.6. The van der Waals surface area contributed by atoms with E-state index >= 15 is 0 Å². The standard InChI is InChI=1S/C18H25N3O4S/c22-17(14-19-18(23)15-4-2-1-3-5-15)21-10-8-20(9-11-21)16-6-12-26(24,25)13-7-16/h1-5,16H,6-14H2,(H,19,23). The highest BCUT2D eigenvalue weighted by molar-refractivity contribution is 7.91. The normalized spacial score (nSPS) is 21.3. The molecule has 8 heteroatoms. The summed E-state index contributed by atoms with van der Waals surface area (Å²) in [6.45, 7) is 2.73. The molecule has 2 aliphatic rings. The Labute approximate surface area is 154 Å². The Hall–Kier alpha value is -1.93. The SMILES string of the molecule is O=C(NCC(=O)N1CCN(C2CCS(=O)(=O)CC2)CC1)c1ccccc1. The van der Waals surface area contributed by atoms with Gasteiger partial charge in [-0.25, -0.2) is 8.42 Å². The Balaban J connectivity index is 1.42. The van der Waals surface area contributed by atoms with Crippen LogP contribution in [0.3, 0.4) is 0 Å². The van der Waals surface area contributed by atoms with Gasteiger partial charge in [0, 0.05) is 37.8 Å². The fourth-order valence-electron chi connectivity index (χ4n) is 3.54. The van der Waals surface area contributed by atoms with Gasteiger partial charge in [-0.05, 0) is 25.0 Å². The number of piperazine rings is 1. The monoisotopic (exact) mass is 379 g/mol. The van der Waals surface area contributed by atoms with Crippen molar-refractivity contribution < 1.29 is 18.0 Å². The number of hydrogen-bond acceptors (Lipinski definition) is 5. The summed E-state index contributed by atoms with van der Waals surface area (Å²) in [5.74, 6) is 0.200. The van der Waals surface area contributed by atoms with Gasteiger partial charge < -0.3 is 10.2 Å². The second kappa shape index (κ2) is 8.18. The van der Waals surface area contributed by atoms with E-state index in [1.165, 1.54) is 0 Å². The Morgan fingerprint density at radius 1 is 1.00 bits per heavy atom. The molecule has 7 nitrogen and oxygen atoms in total. The molecule has 0 radical (unpaired) electrons. The maximum Gasteiger partial charge on any atom is 0.251 e. The van der Waals surface area contributed by atoms with Crippen LogP contribution in [0.1, 0.15) is 23.2 Å². The maximum absolute atomic E-state index is 12.3. The third-order valence-corrected chi connectivity index (χ3v) is 6.86. The molecule has 2 amide bonds. The number of carbonyl (C=O) groups excluding carboxylic acids is 2. The van der Waals surface area contributed by atoms with Crippen LogP contribution >= 0.6 is 0 Å². The highest BCUT2D eigenvalue weighted by Gasteiger charge is 2.30. The molecule has 2 saturated heterocycles. The second-order valence-corrected chi connectivity index (χ2v) is 9.15. The molecular formula is C18H25N3O4S. The van der Waals surface area contributed by atoms with Gasteiger partial charge in [0.2, 0.25) is 5.91 Å². The predicted molar refractivity (Wildman–Crippen MR) is 98.6 cm³/mol. The highest BCUT2D eigenvalue weighted by atomic mass is 32.2. The summed E-state index contributed by atoms with van der Waals surface area (Å²) in [4.78, 5) is 28.4. The van der Waals surface area contributed by atoms with E-state index in [2.05, 4.69) is 10.2 Å². The highest BCUT2D eigenvalue weighted by Crippen LogP contribution is 2.19. The fourth-order valence-corrected chi connectivity index (χ4v) is 5.01. The molecule has 0 atom stereocenters. The molecule has 0 saturated carbocycles. The molecule has 26 heavy (non-hydrogen) atoms. The van der Waals surface area contributed by atoms with Gasteiger partial charge in [0.1, 0.15) is 9.84 Å². The smallest absolute Gasteiger partial charge is 0.251 e. The average Bonchev–Trinajstić information content (AvgIpc) is 2.66. The lowest BCUT2D eigenvalue weighted by molar-refractivity contribution is -0.132. The zero-order valence-electron chi connectivity index (χ0n) is 14.8. The van der Waals surface area contributed by atoms with E-state index in [0.29, 0.717) is 37.5 Å². The summed E-state index contributed by atoms with van der Waals surface area (Å²) in [5, 5.41) is 2.67. The minimum Gasteiger partial charge on any atom is -0.343 e. The molecule has 0 aliphatic carbocycles. The van der Waals surface area contributed by atoms with E-state index in [1.54, 1.807) is 29.2 Å². The molecule has 2 heterocycles. The molecule has 0 aromatic heterocycles. The average molecular weight is 379 g/mol. The molecule has 1 aromatic carbocycles. The quantitative estimate of drug-likeness (QED) is 0.804. The number of hydrogen-bond donors (Lipinski definition) is 1. The molecule has 1 aromatic rings. The van der Waals surface area contributed by atoms with Crippen molar-refractivity contribution >= 4 is 21.7 Å². The first-order chi connectivity index (χ1) is 12.4. The number of amides is 2. The van der Waals surface area contributed by atoms with Crippen molar-refractivity contribution in [3.8, 4) is 0 Å².